The summed E-state index contributed by atoms with van der Waals surface area (Å²) in [6.07, 6.45) is 5.08. The number of hydrogen-bond donors (Lipinski definition) is 2. The summed E-state index contributed by atoms with van der Waals surface area (Å²) in [5.41, 5.74) is 1.54. The summed E-state index contributed by atoms with van der Waals surface area (Å²) in [4.78, 5) is 12.7. The molecule has 0 bridgehead atoms. The predicted molar refractivity (Wildman–Crippen MR) is 88.3 cm³/mol. The van der Waals surface area contributed by atoms with Crippen LogP contribution in [0.2, 0.25) is 0 Å². The number of phenols is 1. The fourth-order valence-electron chi connectivity index (χ4n) is 2.17. The molecular weight excluding hydrogens is 348 g/mol. The van der Waals surface area contributed by atoms with E-state index in [0.29, 0.717) is 34.1 Å². The quantitative estimate of drug-likeness (QED) is 0.879. The van der Waals surface area contributed by atoms with E-state index in [1.165, 1.54) is 0 Å². The zero-order valence-electron chi connectivity index (χ0n) is 11.7. The van der Waals surface area contributed by atoms with Gasteiger partial charge in [-0.3, -0.25) is 4.99 Å². The van der Waals surface area contributed by atoms with E-state index in [1.54, 1.807) is 31.6 Å². The van der Waals surface area contributed by atoms with Crippen molar-refractivity contribution in [3.63, 3.8) is 0 Å². The fraction of sp³-hybridized carbons (Fsp3) is 0.133. The Hall–Kier alpha value is -2.41. The number of aliphatic imine (C=N–C) groups is 1. The highest BCUT2D eigenvalue weighted by atomic mass is 79.9. The number of phenolic OH excluding ortho intramolecular Hbond substituents is 1. The van der Waals surface area contributed by atoms with Crippen LogP contribution < -0.4 is 10.1 Å². The molecule has 0 unspecified atom stereocenters. The van der Waals surface area contributed by atoms with Gasteiger partial charge in [-0.05, 0) is 39.7 Å². The van der Waals surface area contributed by atoms with Crippen molar-refractivity contribution in [2.24, 2.45) is 4.99 Å². The highest BCUT2D eigenvalue weighted by Crippen LogP contribution is 2.35. The first-order valence-corrected chi connectivity index (χ1v) is 7.32. The minimum atomic E-state index is 0.172. The van der Waals surface area contributed by atoms with Crippen molar-refractivity contribution in [2.75, 3.05) is 19.0 Å². The van der Waals surface area contributed by atoms with E-state index >= 15 is 0 Å². The van der Waals surface area contributed by atoms with E-state index < -0.39 is 0 Å². The summed E-state index contributed by atoms with van der Waals surface area (Å²) in [5, 5.41) is 13.2. The minimum Gasteiger partial charge on any atom is -0.507 e. The summed E-state index contributed by atoms with van der Waals surface area (Å²) in [6.45, 7) is 0.459. The van der Waals surface area contributed by atoms with Crippen LogP contribution in [0.4, 0.5) is 5.82 Å². The van der Waals surface area contributed by atoms with Gasteiger partial charge in [-0.2, -0.15) is 0 Å². The van der Waals surface area contributed by atoms with E-state index in [4.69, 9.17) is 4.74 Å². The van der Waals surface area contributed by atoms with E-state index in [0.717, 1.165) is 5.57 Å². The molecule has 1 aromatic carbocycles. The minimum absolute atomic E-state index is 0.172. The Morgan fingerprint density at radius 1 is 1.27 bits per heavy atom. The Morgan fingerprint density at radius 2 is 2.14 bits per heavy atom. The van der Waals surface area contributed by atoms with Crippen LogP contribution in [0.5, 0.6) is 11.5 Å². The third-order valence-electron chi connectivity index (χ3n) is 3.15. The summed E-state index contributed by atoms with van der Waals surface area (Å²) >= 11 is 3.24. The van der Waals surface area contributed by atoms with Gasteiger partial charge in [-0.1, -0.05) is 6.07 Å². The maximum atomic E-state index is 10.1. The molecule has 0 fully saturated rings. The summed E-state index contributed by atoms with van der Waals surface area (Å²) < 4.78 is 5.97. The second kappa shape index (κ2) is 6.15. The van der Waals surface area contributed by atoms with Gasteiger partial charge in [0.2, 0.25) is 0 Å². The average molecular weight is 361 g/mol. The van der Waals surface area contributed by atoms with E-state index in [-0.39, 0.29) is 5.75 Å². The van der Waals surface area contributed by atoms with Crippen molar-refractivity contribution >= 4 is 33.2 Å². The monoisotopic (exact) mass is 360 g/mol. The van der Waals surface area contributed by atoms with Gasteiger partial charge in [0, 0.05) is 0 Å². The third kappa shape index (κ3) is 2.94. The number of amidine groups is 1. The molecule has 0 amide bonds. The number of ether oxygens (including phenoxy) is 1. The van der Waals surface area contributed by atoms with Gasteiger partial charge in [0.05, 0.1) is 31.6 Å². The Labute approximate surface area is 135 Å². The second-order valence-corrected chi connectivity index (χ2v) is 5.39. The highest BCUT2D eigenvalue weighted by molar-refractivity contribution is 9.10. The molecule has 22 heavy (non-hydrogen) atoms. The van der Waals surface area contributed by atoms with Gasteiger partial charge in [0.1, 0.15) is 27.8 Å². The molecule has 1 aromatic heterocycles. The van der Waals surface area contributed by atoms with Gasteiger partial charge in [0.15, 0.2) is 0 Å². The van der Waals surface area contributed by atoms with E-state index in [1.807, 2.05) is 12.1 Å². The Bertz CT molecular complexity index is 757. The molecule has 0 aliphatic carbocycles. The molecule has 2 heterocycles. The second-order valence-electron chi connectivity index (χ2n) is 4.57. The first kappa shape index (κ1) is 14.5. The van der Waals surface area contributed by atoms with Crippen molar-refractivity contribution in [1.82, 2.24) is 9.97 Å². The molecule has 2 aromatic rings. The summed E-state index contributed by atoms with van der Waals surface area (Å²) in [5.74, 6) is 2.05. The number of hydrogen-bond acceptors (Lipinski definition) is 6. The molecule has 0 saturated heterocycles. The number of nitrogens with one attached hydrogen (secondary N) is 1. The number of benzene rings is 1. The predicted octanol–water partition coefficient (Wildman–Crippen LogP) is 2.86. The van der Waals surface area contributed by atoms with Crippen LogP contribution >= 0.6 is 15.9 Å². The number of halogens is 1. The lowest BCUT2D eigenvalue weighted by atomic mass is 10.0. The number of nitrogens with zero attached hydrogens (tertiary/aromatic N) is 3. The van der Waals surface area contributed by atoms with Crippen LogP contribution in [0.1, 0.15) is 5.56 Å². The Morgan fingerprint density at radius 3 is 2.86 bits per heavy atom. The fourth-order valence-corrected chi connectivity index (χ4v) is 2.38. The molecule has 0 atom stereocenters. The maximum absolute atomic E-state index is 10.1. The molecule has 3 rings (SSSR count). The van der Waals surface area contributed by atoms with Gasteiger partial charge in [0.25, 0.3) is 0 Å². The zero-order valence-corrected chi connectivity index (χ0v) is 13.3. The van der Waals surface area contributed by atoms with Crippen molar-refractivity contribution in [3.05, 3.63) is 46.8 Å². The van der Waals surface area contributed by atoms with Crippen LogP contribution in [0.3, 0.4) is 0 Å². The maximum Gasteiger partial charge on any atom is 0.150 e. The number of anilines is 1. The molecule has 0 radical (unpaired) electrons. The number of aromatic nitrogens is 2. The van der Waals surface area contributed by atoms with Crippen LogP contribution in [0.25, 0.3) is 5.57 Å². The molecule has 6 nitrogen and oxygen atoms in total. The lowest BCUT2D eigenvalue weighted by molar-refractivity contribution is 0.405. The highest BCUT2D eigenvalue weighted by Gasteiger charge is 2.18. The van der Waals surface area contributed by atoms with Crippen LogP contribution in [0.15, 0.2) is 46.3 Å². The van der Waals surface area contributed by atoms with E-state index in [2.05, 4.69) is 36.2 Å². The number of aromatic hydroxyl groups is 1. The van der Waals surface area contributed by atoms with Crippen LogP contribution in [-0.4, -0.2) is 34.6 Å². The third-order valence-corrected chi connectivity index (χ3v) is 3.56. The zero-order chi connectivity index (χ0) is 15.5. The van der Waals surface area contributed by atoms with Crippen LogP contribution in [0, 0.1) is 0 Å². The van der Waals surface area contributed by atoms with Crippen LogP contribution in [-0.2, 0) is 0 Å². The molecule has 1 aliphatic rings. The molecule has 0 saturated carbocycles. The van der Waals surface area contributed by atoms with Gasteiger partial charge < -0.3 is 15.2 Å². The SMILES string of the molecule is COc1cccc(O)c1C1=CC(Nc2cnc(Br)cn2)=NC1. The molecule has 7 heteroatoms. The molecular formula is C15H13BrN4O2. The summed E-state index contributed by atoms with van der Waals surface area (Å²) in [6, 6.07) is 5.18. The van der Waals surface area contributed by atoms with Gasteiger partial charge >= 0.3 is 0 Å². The molecule has 112 valence electrons. The van der Waals surface area contributed by atoms with Gasteiger partial charge in [-0.15, -0.1) is 0 Å². The smallest absolute Gasteiger partial charge is 0.150 e. The lowest BCUT2D eigenvalue weighted by Gasteiger charge is -2.10. The Kier molecular flexibility index (Phi) is 4.06. The van der Waals surface area contributed by atoms with Crippen molar-refractivity contribution in [3.8, 4) is 11.5 Å². The largest absolute Gasteiger partial charge is 0.507 e. The number of rotatable bonds is 3. The molecule has 1 aliphatic heterocycles. The van der Waals surface area contributed by atoms with Gasteiger partial charge in [-0.25, -0.2) is 9.97 Å². The first-order chi connectivity index (χ1) is 10.7. The standard InChI is InChI=1S/C15H13BrN4O2/c1-22-11-4-2-3-10(21)15(11)9-5-13(18-6-9)20-14-8-17-12(16)7-19-14/h2-5,7-8,21H,6H2,1H3,(H,18,19,20). The van der Waals surface area contributed by atoms with Crippen molar-refractivity contribution in [1.29, 1.82) is 0 Å². The normalized spacial score (nSPS) is 13.5. The van der Waals surface area contributed by atoms with Crippen molar-refractivity contribution in [2.45, 2.75) is 0 Å². The molecule has 2 N–H and O–H groups in total. The van der Waals surface area contributed by atoms with Crippen molar-refractivity contribution < 1.29 is 9.84 Å². The molecule has 0 spiro atoms. The van der Waals surface area contributed by atoms with E-state index in [9.17, 15) is 5.11 Å². The lowest BCUT2D eigenvalue weighted by Crippen LogP contribution is -2.08. The number of methoxy groups -OCH3 is 1. The topological polar surface area (TPSA) is 79.6 Å². The average Bonchev–Trinajstić information content (AvgIpc) is 2.97. The summed E-state index contributed by atoms with van der Waals surface area (Å²) in [7, 11) is 1.57. The first-order valence-electron chi connectivity index (χ1n) is 6.53. The Balaban J connectivity index is 1.83.